The van der Waals surface area contributed by atoms with Gasteiger partial charge < -0.3 is 20.9 Å². The van der Waals surface area contributed by atoms with Gasteiger partial charge in [-0.05, 0) is 29.8 Å². The maximum absolute atomic E-state index is 12.5. The van der Waals surface area contributed by atoms with E-state index < -0.39 is 0 Å². The quantitative estimate of drug-likeness (QED) is 0.502. The van der Waals surface area contributed by atoms with Crippen molar-refractivity contribution in [2.24, 2.45) is 10.7 Å². The zero-order chi connectivity index (χ0) is 17.8. The number of aromatic nitrogens is 2. The van der Waals surface area contributed by atoms with Crippen molar-refractivity contribution in [1.29, 1.82) is 0 Å². The van der Waals surface area contributed by atoms with E-state index in [1.54, 1.807) is 37.6 Å². The van der Waals surface area contributed by atoms with E-state index in [0.29, 0.717) is 18.1 Å². The molecule has 25 heavy (non-hydrogen) atoms. The predicted molar refractivity (Wildman–Crippen MR) is 99.5 cm³/mol. The Morgan fingerprint density at radius 3 is 2.76 bits per heavy atom. The average Bonchev–Trinajstić information content (AvgIpc) is 3.11. The summed E-state index contributed by atoms with van der Waals surface area (Å²) in [6, 6.07) is 11.1. The molecule has 0 radical (unpaired) electrons. The molecule has 0 spiro atoms. The van der Waals surface area contributed by atoms with Gasteiger partial charge in [-0.2, -0.15) is 0 Å². The van der Waals surface area contributed by atoms with Crippen LogP contribution in [-0.4, -0.2) is 40.8 Å². The van der Waals surface area contributed by atoms with Crippen molar-refractivity contribution >= 4 is 28.6 Å². The van der Waals surface area contributed by atoms with Crippen LogP contribution in [0.1, 0.15) is 15.9 Å². The topological polar surface area (TPSA) is 99.4 Å². The maximum atomic E-state index is 12.5. The first-order valence-electron chi connectivity index (χ1n) is 7.84. The van der Waals surface area contributed by atoms with Gasteiger partial charge in [-0.3, -0.25) is 9.79 Å². The number of H-pyrrole nitrogens is 1. The number of rotatable bonds is 4. The third-order valence-corrected chi connectivity index (χ3v) is 3.96. The minimum Gasteiger partial charge on any atom is -0.370 e. The molecule has 0 saturated heterocycles. The Morgan fingerprint density at radius 1 is 1.28 bits per heavy atom. The molecule has 1 amide bonds. The highest BCUT2D eigenvalue weighted by Gasteiger charge is 2.10. The number of hydrogen-bond donors (Lipinski definition) is 3. The number of carbonyl (C=O) groups is 1. The number of guanidine groups is 1. The molecule has 0 atom stereocenters. The lowest BCUT2D eigenvalue weighted by atomic mass is 10.1. The Kier molecular flexibility index (Phi) is 4.65. The lowest BCUT2D eigenvalue weighted by molar-refractivity contribution is 0.102. The molecule has 128 valence electrons. The second-order valence-corrected chi connectivity index (χ2v) is 5.69. The van der Waals surface area contributed by atoms with Crippen LogP contribution in [0, 0.1) is 0 Å². The van der Waals surface area contributed by atoms with Crippen molar-refractivity contribution in [1.82, 2.24) is 14.9 Å². The van der Waals surface area contributed by atoms with Gasteiger partial charge in [0.1, 0.15) is 5.65 Å². The molecule has 0 aliphatic carbocycles. The first-order chi connectivity index (χ1) is 12.1. The number of nitrogens with one attached hydrogen (secondary N) is 2. The largest absolute Gasteiger partial charge is 0.370 e. The molecule has 2 heterocycles. The van der Waals surface area contributed by atoms with Crippen LogP contribution >= 0.6 is 0 Å². The molecule has 0 aliphatic heterocycles. The number of anilines is 1. The van der Waals surface area contributed by atoms with Gasteiger partial charge in [-0.25, -0.2) is 4.98 Å². The fourth-order valence-corrected chi connectivity index (χ4v) is 2.55. The lowest BCUT2D eigenvalue weighted by Crippen LogP contribution is -2.33. The van der Waals surface area contributed by atoms with Gasteiger partial charge in [0.25, 0.3) is 5.91 Å². The summed E-state index contributed by atoms with van der Waals surface area (Å²) in [5.74, 6) is 0.304. The first-order valence-corrected chi connectivity index (χ1v) is 7.84. The van der Waals surface area contributed by atoms with E-state index >= 15 is 0 Å². The van der Waals surface area contributed by atoms with Crippen molar-refractivity contribution < 1.29 is 4.79 Å². The van der Waals surface area contributed by atoms with Gasteiger partial charge >= 0.3 is 0 Å². The van der Waals surface area contributed by atoms with Crippen LogP contribution in [0.3, 0.4) is 0 Å². The van der Waals surface area contributed by atoms with Crippen LogP contribution < -0.4 is 11.1 Å². The normalized spacial score (nSPS) is 11.5. The minimum atomic E-state index is -0.164. The van der Waals surface area contributed by atoms with E-state index in [2.05, 4.69) is 20.3 Å². The van der Waals surface area contributed by atoms with Gasteiger partial charge in [-0.1, -0.05) is 12.1 Å². The fourth-order valence-electron chi connectivity index (χ4n) is 2.55. The number of aromatic amines is 1. The second kappa shape index (κ2) is 7.04. The SMILES string of the molecule is CN=C(N)N(C)Cc1ccc(C(=O)Nc2ccnc3[nH]ccc23)cc1. The summed E-state index contributed by atoms with van der Waals surface area (Å²) in [6.07, 6.45) is 3.46. The zero-order valence-corrected chi connectivity index (χ0v) is 14.2. The van der Waals surface area contributed by atoms with Gasteiger partial charge in [0.15, 0.2) is 5.96 Å². The number of benzene rings is 1. The van der Waals surface area contributed by atoms with Crippen LogP contribution in [0.5, 0.6) is 0 Å². The third kappa shape index (κ3) is 3.60. The molecular weight excluding hydrogens is 316 g/mol. The van der Waals surface area contributed by atoms with Crippen LogP contribution in [-0.2, 0) is 6.54 Å². The number of amides is 1. The number of hydrogen-bond acceptors (Lipinski definition) is 3. The van der Waals surface area contributed by atoms with Crippen LogP contribution in [0.25, 0.3) is 11.0 Å². The number of fused-ring (bicyclic) bond motifs is 1. The summed E-state index contributed by atoms with van der Waals surface area (Å²) >= 11 is 0. The van der Waals surface area contributed by atoms with E-state index in [1.165, 1.54) is 0 Å². The molecular formula is C18H20N6O. The predicted octanol–water partition coefficient (Wildman–Crippen LogP) is 2.19. The second-order valence-electron chi connectivity index (χ2n) is 5.69. The third-order valence-electron chi connectivity index (χ3n) is 3.96. The Hall–Kier alpha value is -3.35. The lowest BCUT2D eigenvalue weighted by Gasteiger charge is -2.17. The highest BCUT2D eigenvalue weighted by molar-refractivity contribution is 6.08. The Balaban J connectivity index is 1.72. The molecule has 7 nitrogen and oxygen atoms in total. The molecule has 0 fully saturated rings. The van der Waals surface area contributed by atoms with Crippen LogP contribution in [0.4, 0.5) is 5.69 Å². The van der Waals surface area contributed by atoms with E-state index in [4.69, 9.17) is 5.73 Å². The molecule has 4 N–H and O–H groups in total. The van der Waals surface area contributed by atoms with Gasteiger partial charge in [0.05, 0.1) is 5.69 Å². The van der Waals surface area contributed by atoms with Crippen molar-refractivity contribution in [2.75, 3.05) is 19.4 Å². The zero-order valence-electron chi connectivity index (χ0n) is 14.2. The smallest absolute Gasteiger partial charge is 0.255 e. The number of nitrogens with two attached hydrogens (primary N) is 1. The molecule has 0 saturated carbocycles. The highest BCUT2D eigenvalue weighted by Crippen LogP contribution is 2.21. The molecule has 3 aromatic rings. The summed E-state index contributed by atoms with van der Waals surface area (Å²) in [4.78, 5) is 25.5. The van der Waals surface area contributed by atoms with Crippen molar-refractivity contribution in [3.05, 3.63) is 59.9 Å². The molecule has 0 bridgehead atoms. The number of nitrogens with zero attached hydrogens (tertiary/aromatic N) is 3. The van der Waals surface area contributed by atoms with Crippen molar-refractivity contribution in [2.45, 2.75) is 6.54 Å². The highest BCUT2D eigenvalue weighted by atomic mass is 16.1. The van der Waals surface area contributed by atoms with Crippen molar-refractivity contribution in [3.63, 3.8) is 0 Å². The average molecular weight is 336 g/mol. The monoisotopic (exact) mass is 336 g/mol. The maximum Gasteiger partial charge on any atom is 0.255 e. The fraction of sp³-hybridized carbons (Fsp3) is 0.167. The van der Waals surface area contributed by atoms with Crippen molar-refractivity contribution in [3.8, 4) is 0 Å². The molecule has 2 aromatic heterocycles. The van der Waals surface area contributed by atoms with E-state index in [0.717, 1.165) is 22.3 Å². The molecule has 0 aliphatic rings. The summed E-state index contributed by atoms with van der Waals surface area (Å²) in [5.41, 5.74) is 8.87. The van der Waals surface area contributed by atoms with Gasteiger partial charge in [-0.15, -0.1) is 0 Å². The van der Waals surface area contributed by atoms with E-state index in [9.17, 15) is 4.79 Å². The van der Waals surface area contributed by atoms with Crippen LogP contribution in [0.15, 0.2) is 53.8 Å². The Morgan fingerprint density at radius 2 is 2.04 bits per heavy atom. The Labute approximate surface area is 145 Å². The van der Waals surface area contributed by atoms with E-state index in [1.807, 2.05) is 30.1 Å². The number of aliphatic imine (C=N–C) groups is 1. The number of pyridine rings is 1. The van der Waals surface area contributed by atoms with Crippen LogP contribution in [0.2, 0.25) is 0 Å². The standard InChI is InChI=1S/C18H20N6O/c1-20-18(19)24(2)11-12-3-5-13(6-4-12)17(25)23-15-8-10-22-16-14(15)7-9-21-16/h3-10H,11H2,1-2H3,(H2,19,20)(H2,21,22,23,25). The summed E-state index contributed by atoms with van der Waals surface area (Å²) in [5, 5.41) is 3.80. The molecule has 1 aromatic carbocycles. The summed E-state index contributed by atoms with van der Waals surface area (Å²) < 4.78 is 0. The first kappa shape index (κ1) is 16.5. The molecule has 7 heteroatoms. The Bertz CT molecular complexity index is 913. The number of carbonyl (C=O) groups excluding carboxylic acids is 1. The van der Waals surface area contributed by atoms with Gasteiger partial charge in [0, 0.05) is 44.0 Å². The van der Waals surface area contributed by atoms with Gasteiger partial charge in [0.2, 0.25) is 0 Å². The molecule has 3 rings (SSSR count). The summed E-state index contributed by atoms with van der Waals surface area (Å²) in [7, 11) is 3.52. The summed E-state index contributed by atoms with van der Waals surface area (Å²) in [6.45, 7) is 0.624. The van der Waals surface area contributed by atoms with E-state index in [-0.39, 0.29) is 5.91 Å². The molecule has 0 unspecified atom stereocenters. The minimum absolute atomic E-state index is 0.164.